The second-order valence-electron chi connectivity index (χ2n) is 7.13. The average molecular weight is 447 g/mol. The minimum atomic E-state index is -0.406. The summed E-state index contributed by atoms with van der Waals surface area (Å²) in [6.07, 6.45) is 3.95. The van der Waals surface area contributed by atoms with Crippen molar-refractivity contribution in [1.82, 2.24) is 10.3 Å². The molecule has 4 rings (SSSR count). The van der Waals surface area contributed by atoms with Gasteiger partial charge in [-0.1, -0.05) is 29.5 Å². The number of ether oxygens (including phenoxy) is 1. The molecule has 0 aliphatic carbocycles. The molecular weight excluding hydrogens is 423 g/mol. The van der Waals surface area contributed by atoms with Crippen LogP contribution >= 0.6 is 11.3 Å². The largest absolute Gasteiger partial charge is 0.459 e. The number of carbonyl (C=O) groups is 1. The molecule has 0 aliphatic rings. The molecule has 9 heteroatoms. The molecule has 0 bridgehead atoms. The van der Waals surface area contributed by atoms with E-state index in [-0.39, 0.29) is 12.9 Å². The Morgan fingerprint density at radius 1 is 1.16 bits per heavy atom. The van der Waals surface area contributed by atoms with Gasteiger partial charge in [0.05, 0.1) is 13.5 Å². The predicted octanol–water partition coefficient (Wildman–Crippen LogP) is 3.87. The number of aromatic nitrogens is 3. The van der Waals surface area contributed by atoms with E-state index in [1.54, 1.807) is 11.3 Å². The van der Waals surface area contributed by atoms with Crippen molar-refractivity contribution in [2.75, 3.05) is 24.6 Å². The molecule has 7 nitrogen and oxygen atoms in total. The SMILES string of the molecule is [B]CC(=O)OCC[n+]1c(/C=C/c2ccc(N(CC)CC)c3nonc23)sc2ccccc21. The Kier molecular flexibility index (Phi) is 6.85. The van der Waals surface area contributed by atoms with Crippen LogP contribution in [-0.4, -0.2) is 43.8 Å². The van der Waals surface area contributed by atoms with E-state index in [1.165, 1.54) is 0 Å². The van der Waals surface area contributed by atoms with E-state index in [1.807, 2.05) is 24.3 Å². The van der Waals surface area contributed by atoms with E-state index in [0.29, 0.717) is 6.54 Å². The summed E-state index contributed by atoms with van der Waals surface area (Å²) >= 11 is 1.67. The number of benzene rings is 2. The van der Waals surface area contributed by atoms with Crippen molar-refractivity contribution in [2.45, 2.75) is 26.7 Å². The van der Waals surface area contributed by atoms with E-state index in [2.05, 4.69) is 57.9 Å². The number of anilines is 1. The first-order valence-electron chi connectivity index (χ1n) is 10.6. The van der Waals surface area contributed by atoms with Crippen molar-refractivity contribution in [3.05, 3.63) is 47.0 Å². The number of rotatable bonds is 9. The van der Waals surface area contributed by atoms with Crippen molar-refractivity contribution in [3.8, 4) is 0 Å². The van der Waals surface area contributed by atoms with Gasteiger partial charge < -0.3 is 9.64 Å². The molecule has 162 valence electrons. The second-order valence-corrected chi connectivity index (χ2v) is 8.19. The van der Waals surface area contributed by atoms with Crippen LogP contribution in [0.4, 0.5) is 5.69 Å². The molecule has 4 aromatic rings. The Hall–Kier alpha value is -3.20. The molecule has 2 aromatic heterocycles. The topological polar surface area (TPSA) is 72.3 Å². The molecule has 0 aliphatic heterocycles. The third-order valence-electron chi connectivity index (χ3n) is 5.32. The summed E-state index contributed by atoms with van der Waals surface area (Å²) in [4.78, 5) is 13.6. The molecule has 32 heavy (non-hydrogen) atoms. The van der Waals surface area contributed by atoms with Crippen LogP contribution in [0.1, 0.15) is 24.4 Å². The highest BCUT2D eigenvalue weighted by Gasteiger charge is 2.19. The molecule has 0 spiro atoms. The number of fused-ring (bicyclic) bond motifs is 2. The van der Waals surface area contributed by atoms with Crippen LogP contribution in [-0.2, 0) is 16.1 Å². The van der Waals surface area contributed by atoms with E-state index >= 15 is 0 Å². The summed E-state index contributed by atoms with van der Waals surface area (Å²) in [5.74, 6) is -0.406. The van der Waals surface area contributed by atoms with Crippen molar-refractivity contribution in [2.24, 2.45) is 0 Å². The van der Waals surface area contributed by atoms with Gasteiger partial charge in [0.25, 0.3) is 11.0 Å². The number of hydrogen-bond acceptors (Lipinski definition) is 7. The molecule has 0 unspecified atom stereocenters. The Bertz CT molecular complexity index is 1260. The average Bonchev–Trinajstić information content (AvgIpc) is 3.44. The minimum absolute atomic E-state index is 0.118. The summed E-state index contributed by atoms with van der Waals surface area (Å²) < 4.78 is 13.6. The zero-order chi connectivity index (χ0) is 22.5. The lowest BCUT2D eigenvalue weighted by atomic mass is 10.1. The van der Waals surface area contributed by atoms with Gasteiger partial charge in [0.15, 0.2) is 18.7 Å². The van der Waals surface area contributed by atoms with Gasteiger partial charge in [-0.05, 0) is 42.4 Å². The van der Waals surface area contributed by atoms with Crippen molar-refractivity contribution in [1.29, 1.82) is 0 Å². The quantitative estimate of drug-likeness (QED) is 0.220. The molecule has 2 heterocycles. The Morgan fingerprint density at radius 3 is 2.72 bits per heavy atom. The molecule has 0 atom stereocenters. The molecular formula is C23H24BN4O3S+. The van der Waals surface area contributed by atoms with Gasteiger partial charge in [0.2, 0.25) is 5.52 Å². The maximum absolute atomic E-state index is 11.4. The minimum Gasteiger partial charge on any atom is -0.459 e. The maximum atomic E-state index is 11.4. The second kappa shape index (κ2) is 9.95. The first-order chi connectivity index (χ1) is 15.7. The zero-order valence-electron chi connectivity index (χ0n) is 18.2. The Morgan fingerprint density at radius 2 is 1.94 bits per heavy atom. The summed E-state index contributed by atoms with van der Waals surface area (Å²) in [6.45, 7) is 6.78. The van der Waals surface area contributed by atoms with Crippen LogP contribution in [0.2, 0.25) is 6.32 Å². The third kappa shape index (κ3) is 4.38. The Labute approximate surface area is 191 Å². The highest BCUT2D eigenvalue weighted by atomic mass is 32.1. The molecule has 0 saturated carbocycles. The fourth-order valence-corrected chi connectivity index (χ4v) is 4.80. The van der Waals surface area contributed by atoms with Crippen molar-refractivity contribution < 1.29 is 18.7 Å². The molecule has 0 fully saturated rings. The van der Waals surface area contributed by atoms with Gasteiger partial charge in [0.1, 0.15) is 10.2 Å². The lowest BCUT2D eigenvalue weighted by molar-refractivity contribution is -0.669. The summed E-state index contributed by atoms with van der Waals surface area (Å²) in [5, 5.41) is 9.33. The van der Waals surface area contributed by atoms with Crippen LogP contribution < -0.4 is 9.47 Å². The molecule has 0 amide bonds. The standard InChI is InChI=1S/C23H24BN4O3S/c1-3-27(4-2)18-11-9-16(22-23(18)26-31-25-22)10-12-20-28(13-14-30-21(29)15-24)17-7-5-6-8-19(17)32-20/h5-12H,3-4,13-15H2,1-2H3/q+1. The van der Waals surface area contributed by atoms with Crippen LogP contribution in [0.5, 0.6) is 0 Å². The lowest BCUT2D eigenvalue weighted by Gasteiger charge is -2.20. The van der Waals surface area contributed by atoms with Gasteiger partial charge in [-0.15, -0.1) is 0 Å². The lowest BCUT2D eigenvalue weighted by Crippen LogP contribution is -2.37. The number of para-hydroxylation sites is 1. The summed E-state index contributed by atoms with van der Waals surface area (Å²) in [7, 11) is 5.34. The zero-order valence-corrected chi connectivity index (χ0v) is 19.0. The predicted molar refractivity (Wildman–Crippen MR) is 128 cm³/mol. The van der Waals surface area contributed by atoms with Crippen LogP contribution in [0.15, 0.2) is 41.0 Å². The monoisotopic (exact) mass is 447 g/mol. The number of thiazole rings is 1. The first-order valence-corrected chi connectivity index (χ1v) is 11.4. The fraction of sp³-hybridized carbons (Fsp3) is 0.304. The molecule has 2 radical (unpaired) electrons. The van der Waals surface area contributed by atoms with Gasteiger partial charge in [-0.3, -0.25) is 4.79 Å². The first kappa shape index (κ1) is 22.0. The Balaban J connectivity index is 1.68. The van der Waals surface area contributed by atoms with Gasteiger partial charge in [0, 0.05) is 37.1 Å². The van der Waals surface area contributed by atoms with Crippen LogP contribution in [0.25, 0.3) is 33.4 Å². The summed E-state index contributed by atoms with van der Waals surface area (Å²) in [6, 6.07) is 12.3. The smallest absolute Gasteiger partial charge is 0.297 e. The van der Waals surface area contributed by atoms with Crippen molar-refractivity contribution in [3.63, 3.8) is 0 Å². The van der Waals surface area contributed by atoms with E-state index in [0.717, 1.165) is 50.6 Å². The molecule has 0 N–H and O–H groups in total. The summed E-state index contributed by atoms with van der Waals surface area (Å²) in [5.41, 5.74) is 4.52. The van der Waals surface area contributed by atoms with Gasteiger partial charge in [-0.25, -0.2) is 4.63 Å². The van der Waals surface area contributed by atoms with Crippen LogP contribution in [0.3, 0.4) is 0 Å². The number of nitrogens with zero attached hydrogens (tertiary/aromatic N) is 4. The number of esters is 1. The highest BCUT2D eigenvalue weighted by molar-refractivity contribution is 7.18. The van der Waals surface area contributed by atoms with Gasteiger partial charge in [-0.2, -0.15) is 4.57 Å². The molecule has 2 aromatic carbocycles. The highest BCUT2D eigenvalue weighted by Crippen LogP contribution is 2.29. The maximum Gasteiger partial charge on any atom is 0.297 e. The van der Waals surface area contributed by atoms with Crippen LogP contribution in [0, 0.1) is 0 Å². The van der Waals surface area contributed by atoms with E-state index in [9.17, 15) is 4.79 Å². The molecule has 0 saturated heterocycles. The van der Waals surface area contributed by atoms with Gasteiger partial charge >= 0.3 is 0 Å². The van der Waals surface area contributed by atoms with E-state index < -0.39 is 5.97 Å². The third-order valence-corrected chi connectivity index (χ3v) is 6.45. The normalized spacial score (nSPS) is 11.6. The number of carbonyl (C=O) groups excluding carboxylic acids is 1. The van der Waals surface area contributed by atoms with Crippen molar-refractivity contribution >= 4 is 64.2 Å². The fourth-order valence-electron chi connectivity index (χ4n) is 3.70. The van der Waals surface area contributed by atoms with E-state index in [4.69, 9.17) is 17.2 Å². The number of hydrogen-bond donors (Lipinski definition) is 0.